The largest absolute Gasteiger partial charge is 0.310 e. The highest BCUT2D eigenvalue weighted by Gasteiger charge is 2.10. The zero-order valence-corrected chi connectivity index (χ0v) is 6.69. The van der Waals surface area contributed by atoms with Crippen LogP contribution in [-0.4, -0.2) is 24.6 Å². The van der Waals surface area contributed by atoms with Crippen LogP contribution >= 0.6 is 0 Å². The fourth-order valence-corrected chi connectivity index (χ4v) is 0.755. The summed E-state index contributed by atoms with van der Waals surface area (Å²) in [6, 6.07) is -0.169. The molecule has 0 saturated carbocycles. The van der Waals surface area contributed by atoms with E-state index < -0.39 is 0 Å². The van der Waals surface area contributed by atoms with E-state index in [-0.39, 0.29) is 11.8 Å². The zero-order chi connectivity index (χ0) is 8.15. The quantitative estimate of drug-likeness (QED) is 0.564. The lowest BCUT2D eigenvalue weighted by atomic mass is 10.1. The molecule has 0 aliphatic heterocycles. The van der Waals surface area contributed by atoms with Gasteiger partial charge >= 0.3 is 0 Å². The van der Waals surface area contributed by atoms with E-state index in [1.54, 1.807) is 14.0 Å². The maximum atomic E-state index is 10.8. The summed E-state index contributed by atoms with van der Waals surface area (Å²) in [5.41, 5.74) is 0.537. The SMILES string of the molecule is CNC(CC(C)=N)C(C)=O. The highest BCUT2D eigenvalue weighted by atomic mass is 16.1. The summed E-state index contributed by atoms with van der Waals surface area (Å²) in [6.07, 6.45) is 0.520. The van der Waals surface area contributed by atoms with Crippen LogP contribution in [-0.2, 0) is 4.79 Å². The third kappa shape index (κ3) is 3.35. The maximum Gasteiger partial charge on any atom is 0.147 e. The number of carbonyl (C=O) groups excluding carboxylic acids is 1. The molecular weight excluding hydrogens is 128 g/mol. The fourth-order valence-electron chi connectivity index (χ4n) is 0.755. The molecule has 0 heterocycles. The molecule has 0 aromatic rings. The number of carbonyl (C=O) groups is 1. The van der Waals surface area contributed by atoms with Gasteiger partial charge in [-0.05, 0) is 20.9 Å². The zero-order valence-electron chi connectivity index (χ0n) is 6.69. The van der Waals surface area contributed by atoms with E-state index in [2.05, 4.69) is 5.32 Å². The third-order valence-electron chi connectivity index (χ3n) is 1.35. The van der Waals surface area contributed by atoms with Crippen LogP contribution < -0.4 is 5.32 Å². The summed E-state index contributed by atoms with van der Waals surface area (Å²) >= 11 is 0. The van der Waals surface area contributed by atoms with Gasteiger partial charge in [-0.2, -0.15) is 0 Å². The average Bonchev–Trinajstić information content (AvgIpc) is 1.81. The van der Waals surface area contributed by atoms with Crippen LogP contribution in [0.3, 0.4) is 0 Å². The number of hydrogen-bond donors (Lipinski definition) is 2. The second-order valence-electron chi connectivity index (χ2n) is 2.44. The van der Waals surface area contributed by atoms with Crippen LogP contribution in [0.5, 0.6) is 0 Å². The van der Waals surface area contributed by atoms with Crippen LogP contribution in [0.4, 0.5) is 0 Å². The lowest BCUT2D eigenvalue weighted by molar-refractivity contribution is -0.118. The highest BCUT2D eigenvalue weighted by Crippen LogP contribution is 1.93. The average molecular weight is 142 g/mol. The molecule has 0 radical (unpaired) electrons. The monoisotopic (exact) mass is 142 g/mol. The molecule has 0 aromatic heterocycles. The third-order valence-corrected chi connectivity index (χ3v) is 1.35. The lowest BCUT2D eigenvalue weighted by Crippen LogP contribution is -2.33. The number of hydrogen-bond acceptors (Lipinski definition) is 3. The summed E-state index contributed by atoms with van der Waals surface area (Å²) < 4.78 is 0. The van der Waals surface area contributed by atoms with Crippen molar-refractivity contribution in [2.24, 2.45) is 0 Å². The lowest BCUT2D eigenvalue weighted by Gasteiger charge is -2.10. The molecule has 1 unspecified atom stereocenters. The van der Waals surface area contributed by atoms with Crippen molar-refractivity contribution < 1.29 is 4.79 Å². The van der Waals surface area contributed by atoms with Crippen LogP contribution in [0.25, 0.3) is 0 Å². The van der Waals surface area contributed by atoms with Crippen molar-refractivity contribution in [1.29, 1.82) is 5.41 Å². The number of nitrogens with one attached hydrogen (secondary N) is 2. The predicted octanol–water partition coefficient (Wildman–Crippen LogP) is 0.593. The molecule has 0 bridgehead atoms. The van der Waals surface area contributed by atoms with Gasteiger partial charge in [0.1, 0.15) is 5.78 Å². The van der Waals surface area contributed by atoms with Crippen molar-refractivity contribution in [3.8, 4) is 0 Å². The van der Waals surface area contributed by atoms with E-state index in [4.69, 9.17) is 5.41 Å². The van der Waals surface area contributed by atoms with Crippen molar-refractivity contribution >= 4 is 11.5 Å². The van der Waals surface area contributed by atoms with Gasteiger partial charge in [0.25, 0.3) is 0 Å². The van der Waals surface area contributed by atoms with Gasteiger partial charge in [-0.15, -0.1) is 0 Å². The van der Waals surface area contributed by atoms with E-state index in [9.17, 15) is 4.79 Å². The number of ketones is 1. The van der Waals surface area contributed by atoms with Crippen molar-refractivity contribution in [2.45, 2.75) is 26.3 Å². The van der Waals surface area contributed by atoms with Gasteiger partial charge in [0, 0.05) is 12.1 Å². The van der Waals surface area contributed by atoms with Crippen molar-refractivity contribution in [3.63, 3.8) is 0 Å². The van der Waals surface area contributed by atoms with Crippen LogP contribution in [0, 0.1) is 5.41 Å². The molecule has 0 spiro atoms. The molecule has 3 heteroatoms. The molecule has 0 aliphatic rings. The van der Waals surface area contributed by atoms with Gasteiger partial charge in [-0.3, -0.25) is 4.79 Å². The van der Waals surface area contributed by atoms with E-state index in [1.807, 2.05) is 0 Å². The summed E-state index contributed by atoms with van der Waals surface area (Å²) in [5.74, 6) is 0.0918. The smallest absolute Gasteiger partial charge is 0.147 e. The molecule has 0 saturated heterocycles. The highest BCUT2D eigenvalue weighted by molar-refractivity contribution is 5.89. The minimum atomic E-state index is -0.169. The predicted molar refractivity (Wildman–Crippen MR) is 41.5 cm³/mol. The Balaban J connectivity index is 3.83. The summed E-state index contributed by atoms with van der Waals surface area (Å²) in [4.78, 5) is 10.8. The molecule has 2 N–H and O–H groups in total. The van der Waals surface area contributed by atoms with E-state index in [1.165, 1.54) is 6.92 Å². The van der Waals surface area contributed by atoms with Gasteiger partial charge in [-0.25, -0.2) is 0 Å². The maximum absolute atomic E-state index is 10.8. The summed E-state index contributed by atoms with van der Waals surface area (Å²) in [7, 11) is 1.73. The number of Topliss-reactive ketones (excluding diaryl/α,β-unsaturated/α-hetero) is 1. The topological polar surface area (TPSA) is 53.0 Å². The minimum Gasteiger partial charge on any atom is -0.310 e. The first-order valence-electron chi connectivity index (χ1n) is 3.29. The van der Waals surface area contributed by atoms with Crippen molar-refractivity contribution in [2.75, 3.05) is 7.05 Å². The second-order valence-corrected chi connectivity index (χ2v) is 2.44. The van der Waals surface area contributed by atoms with E-state index >= 15 is 0 Å². The van der Waals surface area contributed by atoms with Crippen LogP contribution in [0.1, 0.15) is 20.3 Å². The second kappa shape index (κ2) is 4.17. The Bertz CT molecular complexity index is 143. The van der Waals surface area contributed by atoms with Gasteiger partial charge in [0.15, 0.2) is 0 Å². The van der Waals surface area contributed by atoms with Crippen LogP contribution in [0.2, 0.25) is 0 Å². The molecule has 0 fully saturated rings. The Kier molecular flexibility index (Phi) is 3.88. The number of likely N-dealkylation sites (N-methyl/N-ethyl adjacent to an activating group) is 1. The molecule has 0 aromatic carbocycles. The van der Waals surface area contributed by atoms with Crippen molar-refractivity contribution in [1.82, 2.24) is 5.32 Å². The van der Waals surface area contributed by atoms with Crippen LogP contribution in [0.15, 0.2) is 0 Å². The van der Waals surface area contributed by atoms with Gasteiger partial charge in [0.2, 0.25) is 0 Å². The van der Waals surface area contributed by atoms with Gasteiger partial charge in [0.05, 0.1) is 6.04 Å². The molecule has 0 rings (SSSR count). The molecule has 0 aliphatic carbocycles. The van der Waals surface area contributed by atoms with Gasteiger partial charge < -0.3 is 10.7 Å². The molecule has 10 heavy (non-hydrogen) atoms. The molecular formula is C7H14N2O. The minimum absolute atomic E-state index is 0.0918. The molecule has 1 atom stereocenters. The molecule has 3 nitrogen and oxygen atoms in total. The Morgan fingerprint density at radius 1 is 1.60 bits per heavy atom. The van der Waals surface area contributed by atoms with Gasteiger partial charge in [-0.1, -0.05) is 0 Å². The fraction of sp³-hybridized carbons (Fsp3) is 0.714. The Hall–Kier alpha value is -0.700. The first-order chi connectivity index (χ1) is 4.57. The van der Waals surface area contributed by atoms with E-state index in [0.717, 1.165) is 0 Å². The first kappa shape index (κ1) is 9.30. The number of rotatable bonds is 4. The standard InChI is InChI=1S/C7H14N2O/c1-5(8)4-7(9-3)6(2)10/h7-9H,4H2,1-3H3. The summed E-state index contributed by atoms with van der Waals surface area (Å²) in [6.45, 7) is 3.23. The van der Waals surface area contributed by atoms with E-state index in [0.29, 0.717) is 12.1 Å². The Morgan fingerprint density at radius 2 is 2.10 bits per heavy atom. The molecule has 58 valence electrons. The first-order valence-corrected chi connectivity index (χ1v) is 3.29. The summed E-state index contributed by atoms with van der Waals surface area (Å²) in [5, 5.41) is 9.97. The molecule has 0 amide bonds. The Morgan fingerprint density at radius 3 is 2.20 bits per heavy atom. The normalized spacial score (nSPS) is 12.7. The van der Waals surface area contributed by atoms with Crippen molar-refractivity contribution in [3.05, 3.63) is 0 Å². The Labute approximate surface area is 61.3 Å².